The molecule has 0 saturated carbocycles. The van der Waals surface area contributed by atoms with Gasteiger partial charge in [-0.25, -0.2) is 14.4 Å². The van der Waals surface area contributed by atoms with Crippen molar-refractivity contribution in [3.8, 4) is 0 Å². The van der Waals surface area contributed by atoms with Crippen molar-refractivity contribution in [1.82, 2.24) is 14.9 Å². The first-order chi connectivity index (χ1) is 14.1. The minimum Gasteiger partial charge on any atom is -0.330 e. The number of piperidine rings is 1. The number of halogens is 1. The van der Waals surface area contributed by atoms with Crippen molar-refractivity contribution in [3.05, 3.63) is 47.2 Å². The quantitative estimate of drug-likeness (QED) is 0.859. The summed E-state index contributed by atoms with van der Waals surface area (Å²) in [5.41, 5.74) is 10.4. The van der Waals surface area contributed by atoms with E-state index in [9.17, 15) is 4.39 Å². The minimum atomic E-state index is -0.148. The van der Waals surface area contributed by atoms with Crippen LogP contribution in [0.15, 0.2) is 24.5 Å². The Balaban J connectivity index is 1.57. The first-order valence-corrected chi connectivity index (χ1v) is 10.9. The molecule has 0 radical (unpaired) electrons. The maximum Gasteiger partial charge on any atom is 0.140 e. The summed E-state index contributed by atoms with van der Waals surface area (Å²) in [6.07, 6.45) is 7.08. The van der Waals surface area contributed by atoms with Crippen molar-refractivity contribution in [3.63, 3.8) is 0 Å². The van der Waals surface area contributed by atoms with E-state index in [-0.39, 0.29) is 11.2 Å². The van der Waals surface area contributed by atoms with Crippen molar-refractivity contribution in [2.75, 3.05) is 37.6 Å². The van der Waals surface area contributed by atoms with Gasteiger partial charge in [0.25, 0.3) is 0 Å². The number of hydrogen-bond acceptors (Lipinski definition) is 5. The summed E-state index contributed by atoms with van der Waals surface area (Å²) < 4.78 is 14.3. The third kappa shape index (κ3) is 3.13. The Kier molecular flexibility index (Phi) is 4.79. The van der Waals surface area contributed by atoms with Crippen LogP contribution in [0.25, 0.3) is 0 Å². The minimum absolute atomic E-state index is 0.0516. The van der Waals surface area contributed by atoms with E-state index >= 15 is 0 Å². The van der Waals surface area contributed by atoms with Gasteiger partial charge < -0.3 is 15.5 Å². The zero-order valence-corrected chi connectivity index (χ0v) is 17.2. The number of benzene rings is 1. The molecule has 2 N–H and O–H groups in total. The molecule has 3 aliphatic rings. The number of nitrogens with two attached hydrogens (primary N) is 1. The van der Waals surface area contributed by atoms with Gasteiger partial charge in [-0.2, -0.15) is 0 Å². The highest BCUT2D eigenvalue weighted by molar-refractivity contribution is 5.73. The lowest BCUT2D eigenvalue weighted by Gasteiger charge is -2.41. The smallest absolute Gasteiger partial charge is 0.140 e. The summed E-state index contributed by atoms with van der Waals surface area (Å²) in [5.74, 6) is 1.35. The molecule has 0 bridgehead atoms. The van der Waals surface area contributed by atoms with Crippen LogP contribution in [-0.4, -0.2) is 47.6 Å². The van der Waals surface area contributed by atoms with Crippen molar-refractivity contribution in [2.24, 2.45) is 5.73 Å². The van der Waals surface area contributed by atoms with E-state index in [1.807, 2.05) is 6.07 Å². The van der Waals surface area contributed by atoms with E-state index in [2.05, 4.69) is 21.7 Å². The van der Waals surface area contributed by atoms with Gasteiger partial charge in [0.15, 0.2) is 0 Å². The van der Waals surface area contributed by atoms with Crippen LogP contribution in [0, 0.1) is 5.82 Å². The zero-order chi connectivity index (χ0) is 20.0. The molecule has 29 heavy (non-hydrogen) atoms. The first kappa shape index (κ1) is 18.9. The van der Waals surface area contributed by atoms with Crippen molar-refractivity contribution in [2.45, 2.75) is 50.4 Å². The number of aromatic nitrogens is 2. The summed E-state index contributed by atoms with van der Waals surface area (Å²) in [5, 5.41) is 0. The van der Waals surface area contributed by atoms with Crippen molar-refractivity contribution < 1.29 is 4.39 Å². The van der Waals surface area contributed by atoms with Crippen LogP contribution in [0.5, 0.6) is 0 Å². The second kappa shape index (κ2) is 7.33. The van der Waals surface area contributed by atoms with Crippen LogP contribution < -0.4 is 10.6 Å². The van der Waals surface area contributed by atoms with Gasteiger partial charge in [-0.3, -0.25) is 0 Å². The number of likely N-dealkylation sites (tertiary alicyclic amines) is 1. The monoisotopic (exact) mass is 395 g/mol. The molecule has 6 heteroatoms. The summed E-state index contributed by atoms with van der Waals surface area (Å²) in [7, 11) is 0. The molecule has 5 nitrogen and oxygen atoms in total. The lowest BCUT2D eigenvalue weighted by molar-refractivity contribution is 0.154. The molecule has 2 aliphatic heterocycles. The van der Waals surface area contributed by atoms with Gasteiger partial charge in [0.2, 0.25) is 0 Å². The van der Waals surface area contributed by atoms with Crippen LogP contribution >= 0.6 is 0 Å². The zero-order valence-electron chi connectivity index (χ0n) is 17.2. The lowest BCUT2D eigenvalue weighted by atomic mass is 9.75. The van der Waals surface area contributed by atoms with E-state index in [0.29, 0.717) is 12.5 Å². The highest BCUT2D eigenvalue weighted by atomic mass is 19.1. The Morgan fingerprint density at radius 1 is 1.28 bits per heavy atom. The van der Waals surface area contributed by atoms with Gasteiger partial charge in [-0.05, 0) is 81.4 Å². The van der Waals surface area contributed by atoms with Gasteiger partial charge in [0.05, 0.1) is 0 Å². The molecule has 2 aromatic rings. The topological polar surface area (TPSA) is 58.3 Å². The molecule has 154 valence electrons. The van der Waals surface area contributed by atoms with E-state index < -0.39 is 0 Å². The van der Waals surface area contributed by atoms with Gasteiger partial charge >= 0.3 is 0 Å². The van der Waals surface area contributed by atoms with Gasteiger partial charge in [0, 0.05) is 35.4 Å². The molecular weight excluding hydrogens is 365 g/mol. The van der Waals surface area contributed by atoms with Gasteiger partial charge in [-0.1, -0.05) is 6.92 Å². The first-order valence-electron chi connectivity index (χ1n) is 10.9. The Bertz CT molecular complexity index is 916. The fraction of sp³-hybridized carbons (Fsp3) is 0.565. The average Bonchev–Trinajstić information content (AvgIpc) is 3.25. The molecule has 0 amide bonds. The van der Waals surface area contributed by atoms with Crippen molar-refractivity contribution >= 4 is 11.5 Å². The fourth-order valence-corrected chi connectivity index (χ4v) is 5.75. The van der Waals surface area contributed by atoms with Crippen LogP contribution in [0.3, 0.4) is 0 Å². The number of fused-ring (bicyclic) bond motifs is 3. The highest BCUT2D eigenvalue weighted by Gasteiger charge is 2.47. The molecule has 2 atom stereocenters. The molecule has 3 heterocycles. The molecule has 1 spiro atoms. The number of nitrogens with zero attached hydrogens (tertiary/aromatic N) is 4. The predicted octanol–water partition coefficient (Wildman–Crippen LogP) is 3.50. The van der Waals surface area contributed by atoms with Crippen LogP contribution in [-0.2, 0) is 11.8 Å². The van der Waals surface area contributed by atoms with Crippen LogP contribution in [0.2, 0.25) is 0 Å². The van der Waals surface area contributed by atoms with E-state index in [4.69, 9.17) is 10.7 Å². The maximum absolute atomic E-state index is 14.3. The van der Waals surface area contributed by atoms with Crippen LogP contribution in [0.4, 0.5) is 15.9 Å². The third-order valence-electron chi connectivity index (χ3n) is 7.12. The fourth-order valence-electron chi connectivity index (χ4n) is 5.75. The summed E-state index contributed by atoms with van der Waals surface area (Å²) >= 11 is 0. The SMILES string of the molecule is C[C@@H]1CCc2ncnc(N3CC4(CCCN(CCCN)C4)c4cc(F)ccc43)c21. The average molecular weight is 396 g/mol. The molecule has 1 unspecified atom stereocenters. The summed E-state index contributed by atoms with van der Waals surface area (Å²) in [6, 6.07) is 5.31. The lowest BCUT2D eigenvalue weighted by Crippen LogP contribution is -2.48. The maximum atomic E-state index is 14.3. The Labute approximate surface area is 172 Å². The molecule has 1 aromatic carbocycles. The number of hydrogen-bond donors (Lipinski definition) is 1. The number of anilines is 2. The van der Waals surface area contributed by atoms with Gasteiger partial charge in [0.1, 0.15) is 18.0 Å². The van der Waals surface area contributed by atoms with E-state index in [1.165, 1.54) is 11.3 Å². The van der Waals surface area contributed by atoms with E-state index in [0.717, 1.165) is 75.4 Å². The van der Waals surface area contributed by atoms with Gasteiger partial charge in [-0.15, -0.1) is 0 Å². The third-order valence-corrected chi connectivity index (χ3v) is 7.12. The molecule has 1 aliphatic carbocycles. The second-order valence-electron chi connectivity index (χ2n) is 9.05. The normalized spacial score (nSPS) is 26.2. The molecule has 1 fully saturated rings. The predicted molar refractivity (Wildman–Crippen MR) is 113 cm³/mol. The second-order valence-corrected chi connectivity index (χ2v) is 9.05. The number of aryl methyl sites for hydroxylation is 1. The Hall–Kier alpha value is -2.05. The Morgan fingerprint density at radius 2 is 2.17 bits per heavy atom. The highest BCUT2D eigenvalue weighted by Crippen LogP contribution is 2.50. The Morgan fingerprint density at radius 3 is 3.03 bits per heavy atom. The van der Waals surface area contributed by atoms with Crippen LogP contribution in [0.1, 0.15) is 55.3 Å². The molecule has 5 rings (SSSR count). The van der Waals surface area contributed by atoms with Crippen molar-refractivity contribution in [1.29, 1.82) is 0 Å². The largest absolute Gasteiger partial charge is 0.330 e. The standard InChI is InChI=1S/C23H30FN5/c1-16-4-6-19-21(16)22(27-15-26-19)29-14-23(18-12-17(24)5-7-20(18)29)8-2-10-28(13-23)11-3-9-25/h5,7,12,15-16H,2-4,6,8-11,13-14,25H2,1H3/t16-,23?/m1/s1. The summed E-state index contributed by atoms with van der Waals surface area (Å²) in [6.45, 7) is 6.93. The molecule has 1 aromatic heterocycles. The van der Waals surface area contributed by atoms with E-state index in [1.54, 1.807) is 18.5 Å². The molecular formula is C23H30FN5. The molecule has 1 saturated heterocycles. The number of rotatable bonds is 4. The summed E-state index contributed by atoms with van der Waals surface area (Å²) in [4.78, 5) is 14.2.